The zero-order chi connectivity index (χ0) is 11.8. The number of fused-ring (bicyclic) bond motifs is 1. The SMILES string of the molecule is Nc1ccc(Cl)cc1-c1nnc2ccncn12. The molecular weight excluding hydrogens is 238 g/mol. The van der Waals surface area contributed by atoms with Crippen LogP contribution in [-0.2, 0) is 0 Å². The lowest BCUT2D eigenvalue weighted by Crippen LogP contribution is -1.95. The Balaban J connectivity index is 2.31. The summed E-state index contributed by atoms with van der Waals surface area (Å²) in [5.41, 5.74) is 7.98. The van der Waals surface area contributed by atoms with E-state index in [-0.39, 0.29) is 0 Å². The van der Waals surface area contributed by atoms with Crippen molar-refractivity contribution in [3.8, 4) is 11.4 Å². The monoisotopic (exact) mass is 245 g/mol. The molecule has 3 aromatic rings. The van der Waals surface area contributed by atoms with Crippen molar-refractivity contribution >= 4 is 22.9 Å². The van der Waals surface area contributed by atoms with E-state index in [1.54, 1.807) is 41.2 Å². The van der Waals surface area contributed by atoms with Gasteiger partial charge in [0.15, 0.2) is 11.5 Å². The molecule has 0 amide bonds. The molecule has 6 heteroatoms. The molecular formula is C11H8ClN5. The van der Waals surface area contributed by atoms with E-state index in [1.165, 1.54) is 0 Å². The first-order valence-electron chi connectivity index (χ1n) is 4.96. The molecule has 0 spiro atoms. The second-order valence-electron chi connectivity index (χ2n) is 3.56. The number of nitrogen functional groups attached to an aromatic ring is 1. The molecule has 0 aliphatic rings. The van der Waals surface area contributed by atoms with Gasteiger partial charge in [-0.1, -0.05) is 11.6 Å². The molecule has 0 fully saturated rings. The van der Waals surface area contributed by atoms with Crippen LogP contribution >= 0.6 is 11.6 Å². The number of benzene rings is 1. The summed E-state index contributed by atoms with van der Waals surface area (Å²) in [7, 11) is 0. The molecule has 0 radical (unpaired) electrons. The maximum absolute atomic E-state index is 5.96. The second kappa shape index (κ2) is 3.71. The number of hydrogen-bond acceptors (Lipinski definition) is 4. The van der Waals surface area contributed by atoms with Crippen LogP contribution in [0, 0.1) is 0 Å². The van der Waals surface area contributed by atoms with Crippen molar-refractivity contribution in [1.29, 1.82) is 0 Å². The third-order valence-electron chi connectivity index (χ3n) is 2.47. The van der Waals surface area contributed by atoms with Gasteiger partial charge in [0, 0.05) is 28.5 Å². The van der Waals surface area contributed by atoms with Gasteiger partial charge in [-0.25, -0.2) is 4.98 Å². The highest BCUT2D eigenvalue weighted by molar-refractivity contribution is 6.31. The maximum Gasteiger partial charge on any atom is 0.171 e. The Morgan fingerprint density at radius 2 is 2.06 bits per heavy atom. The summed E-state index contributed by atoms with van der Waals surface area (Å²) in [6, 6.07) is 7.02. The number of halogens is 1. The van der Waals surface area contributed by atoms with Crippen molar-refractivity contribution < 1.29 is 0 Å². The van der Waals surface area contributed by atoms with Crippen molar-refractivity contribution in [1.82, 2.24) is 19.6 Å². The number of nitrogens with two attached hydrogens (primary N) is 1. The Kier molecular flexibility index (Phi) is 2.19. The van der Waals surface area contributed by atoms with Gasteiger partial charge in [-0.05, 0) is 18.2 Å². The predicted octanol–water partition coefficient (Wildman–Crippen LogP) is 2.03. The Morgan fingerprint density at radius 3 is 2.94 bits per heavy atom. The lowest BCUT2D eigenvalue weighted by atomic mass is 10.1. The zero-order valence-corrected chi connectivity index (χ0v) is 9.46. The zero-order valence-electron chi connectivity index (χ0n) is 8.71. The Hall–Kier alpha value is -2.14. The Bertz CT molecular complexity index is 691. The summed E-state index contributed by atoms with van der Waals surface area (Å²) in [4.78, 5) is 4.03. The highest BCUT2D eigenvalue weighted by Gasteiger charge is 2.11. The van der Waals surface area contributed by atoms with E-state index in [2.05, 4.69) is 15.2 Å². The molecule has 2 N–H and O–H groups in total. The predicted molar refractivity (Wildman–Crippen MR) is 65.6 cm³/mol. The maximum atomic E-state index is 5.96. The minimum atomic E-state index is 0.604. The van der Waals surface area contributed by atoms with E-state index in [1.807, 2.05) is 0 Å². The van der Waals surface area contributed by atoms with E-state index in [0.717, 1.165) is 11.2 Å². The average Bonchev–Trinajstić information content (AvgIpc) is 2.76. The summed E-state index contributed by atoms with van der Waals surface area (Å²) in [5, 5.41) is 8.75. The van der Waals surface area contributed by atoms with Gasteiger partial charge in [-0.2, -0.15) is 0 Å². The van der Waals surface area contributed by atoms with Crippen LogP contribution in [0.4, 0.5) is 5.69 Å². The van der Waals surface area contributed by atoms with Crippen LogP contribution < -0.4 is 5.73 Å². The molecule has 0 saturated heterocycles. The van der Waals surface area contributed by atoms with Crippen LogP contribution in [0.25, 0.3) is 17.0 Å². The van der Waals surface area contributed by atoms with Gasteiger partial charge >= 0.3 is 0 Å². The van der Waals surface area contributed by atoms with Gasteiger partial charge in [-0.15, -0.1) is 10.2 Å². The molecule has 5 nitrogen and oxygen atoms in total. The van der Waals surface area contributed by atoms with E-state index in [0.29, 0.717) is 16.5 Å². The van der Waals surface area contributed by atoms with Crippen LogP contribution in [0.15, 0.2) is 36.8 Å². The molecule has 1 aromatic carbocycles. The minimum absolute atomic E-state index is 0.604. The summed E-state index contributed by atoms with van der Waals surface area (Å²) in [5.74, 6) is 0.633. The van der Waals surface area contributed by atoms with Crippen molar-refractivity contribution in [2.75, 3.05) is 5.73 Å². The van der Waals surface area contributed by atoms with E-state index < -0.39 is 0 Å². The smallest absolute Gasteiger partial charge is 0.171 e. The normalized spacial score (nSPS) is 10.9. The fourth-order valence-electron chi connectivity index (χ4n) is 1.65. The molecule has 2 aromatic heterocycles. The average molecular weight is 246 g/mol. The van der Waals surface area contributed by atoms with Crippen molar-refractivity contribution in [3.63, 3.8) is 0 Å². The van der Waals surface area contributed by atoms with Gasteiger partial charge in [0.1, 0.15) is 6.33 Å². The Morgan fingerprint density at radius 1 is 1.18 bits per heavy atom. The van der Waals surface area contributed by atoms with Gasteiger partial charge in [0.2, 0.25) is 0 Å². The van der Waals surface area contributed by atoms with Crippen molar-refractivity contribution in [2.24, 2.45) is 0 Å². The van der Waals surface area contributed by atoms with Crippen LogP contribution in [-0.4, -0.2) is 19.6 Å². The highest BCUT2D eigenvalue weighted by atomic mass is 35.5. The first kappa shape index (κ1) is 10.0. The molecule has 17 heavy (non-hydrogen) atoms. The van der Waals surface area contributed by atoms with E-state index in [4.69, 9.17) is 17.3 Å². The third-order valence-corrected chi connectivity index (χ3v) is 2.71. The lowest BCUT2D eigenvalue weighted by Gasteiger charge is -2.03. The van der Waals surface area contributed by atoms with Gasteiger partial charge in [0.05, 0.1) is 0 Å². The molecule has 0 unspecified atom stereocenters. The lowest BCUT2D eigenvalue weighted by molar-refractivity contribution is 1.08. The van der Waals surface area contributed by atoms with Crippen LogP contribution in [0.1, 0.15) is 0 Å². The number of nitrogens with zero attached hydrogens (tertiary/aromatic N) is 4. The van der Waals surface area contributed by atoms with E-state index >= 15 is 0 Å². The van der Waals surface area contributed by atoms with Crippen LogP contribution in [0.2, 0.25) is 5.02 Å². The van der Waals surface area contributed by atoms with Crippen LogP contribution in [0.3, 0.4) is 0 Å². The van der Waals surface area contributed by atoms with Crippen molar-refractivity contribution in [3.05, 3.63) is 41.8 Å². The molecule has 0 saturated carbocycles. The quantitative estimate of drug-likeness (QED) is 0.666. The highest BCUT2D eigenvalue weighted by Crippen LogP contribution is 2.27. The standard InChI is InChI=1S/C11H8ClN5/c12-7-1-2-9(13)8(5-7)11-16-15-10-3-4-14-6-17(10)11/h1-6H,13H2. The van der Waals surface area contributed by atoms with Gasteiger partial charge in [-0.3, -0.25) is 4.40 Å². The molecule has 84 valence electrons. The molecule has 0 aliphatic carbocycles. The molecule has 0 bridgehead atoms. The largest absolute Gasteiger partial charge is 0.398 e. The summed E-state index contributed by atoms with van der Waals surface area (Å²) in [6.07, 6.45) is 3.31. The number of aromatic nitrogens is 4. The summed E-state index contributed by atoms with van der Waals surface area (Å²) in [6.45, 7) is 0. The van der Waals surface area contributed by atoms with Gasteiger partial charge < -0.3 is 5.73 Å². The first-order valence-corrected chi connectivity index (χ1v) is 5.33. The Labute approximate surface area is 102 Å². The van der Waals surface area contributed by atoms with Crippen LogP contribution in [0.5, 0.6) is 0 Å². The fraction of sp³-hybridized carbons (Fsp3) is 0. The number of rotatable bonds is 1. The second-order valence-corrected chi connectivity index (χ2v) is 4.00. The molecule has 2 heterocycles. The summed E-state index contributed by atoms with van der Waals surface area (Å²) >= 11 is 5.96. The van der Waals surface area contributed by atoms with Gasteiger partial charge in [0.25, 0.3) is 0 Å². The van der Waals surface area contributed by atoms with Crippen molar-refractivity contribution in [2.45, 2.75) is 0 Å². The van der Waals surface area contributed by atoms with E-state index in [9.17, 15) is 0 Å². The summed E-state index contributed by atoms with van der Waals surface area (Å²) < 4.78 is 1.77. The number of anilines is 1. The first-order chi connectivity index (χ1) is 8.25. The molecule has 3 rings (SSSR count). The minimum Gasteiger partial charge on any atom is -0.398 e. The fourth-order valence-corrected chi connectivity index (χ4v) is 1.82. The number of hydrogen-bond donors (Lipinski definition) is 1. The molecule has 0 atom stereocenters. The topological polar surface area (TPSA) is 69.1 Å². The molecule has 0 aliphatic heterocycles. The third kappa shape index (κ3) is 1.60.